The van der Waals surface area contributed by atoms with Gasteiger partial charge in [-0.1, -0.05) is 48.5 Å². The molecule has 1 fully saturated rings. The minimum absolute atomic E-state index is 0. The van der Waals surface area contributed by atoms with Crippen molar-refractivity contribution in [1.82, 2.24) is 4.57 Å². The number of benzene rings is 2. The second-order valence-corrected chi connectivity index (χ2v) is 7.79. The minimum Gasteiger partial charge on any atom is -1.00 e. The van der Waals surface area contributed by atoms with E-state index in [0.717, 1.165) is 21.9 Å². The van der Waals surface area contributed by atoms with E-state index in [1.165, 1.54) is 31.5 Å². The van der Waals surface area contributed by atoms with Crippen molar-refractivity contribution in [1.29, 1.82) is 0 Å². The van der Waals surface area contributed by atoms with Crippen LogP contribution in [-0.2, 0) is 11.3 Å². The van der Waals surface area contributed by atoms with Gasteiger partial charge in [-0.3, -0.25) is 0 Å². The molecule has 0 unspecified atom stereocenters. The summed E-state index contributed by atoms with van der Waals surface area (Å²) in [6.07, 6.45) is 2.55. The van der Waals surface area contributed by atoms with Gasteiger partial charge in [-0.05, 0) is 17.7 Å². The number of hydrogen-bond acceptors (Lipinski definition) is 2. The van der Waals surface area contributed by atoms with Crippen LogP contribution < -0.4 is 24.0 Å². The van der Waals surface area contributed by atoms with Gasteiger partial charge in [0.2, 0.25) is 0 Å². The van der Waals surface area contributed by atoms with Crippen LogP contribution in [-0.4, -0.2) is 48.3 Å². The van der Waals surface area contributed by atoms with Crippen molar-refractivity contribution in [3.05, 3.63) is 71.9 Å². The van der Waals surface area contributed by atoms with Crippen molar-refractivity contribution in [2.45, 2.75) is 19.4 Å². The van der Waals surface area contributed by atoms with Gasteiger partial charge in [0.1, 0.15) is 18.8 Å². The Bertz CT molecular complexity index is 930. The number of esters is 1. The molecule has 28 heavy (non-hydrogen) atoms. The predicted molar refractivity (Wildman–Crippen MR) is 108 cm³/mol. The van der Waals surface area contributed by atoms with Gasteiger partial charge >= 0.3 is 5.97 Å². The number of nitrogens with zero attached hydrogens (tertiary/aromatic N) is 2. The molecule has 0 aliphatic carbocycles. The van der Waals surface area contributed by atoms with Crippen LogP contribution in [0, 0.1) is 0 Å². The summed E-state index contributed by atoms with van der Waals surface area (Å²) in [5.74, 6) is -0.229. The Morgan fingerprint density at radius 2 is 1.71 bits per heavy atom. The zero-order valence-electron chi connectivity index (χ0n) is 16.3. The maximum Gasteiger partial charge on any atom is 0.355 e. The second kappa shape index (κ2) is 9.09. The number of ether oxygens (including phenoxy) is 1. The fourth-order valence-corrected chi connectivity index (χ4v) is 4.07. The van der Waals surface area contributed by atoms with Crippen molar-refractivity contribution >= 4 is 16.9 Å². The molecule has 0 amide bonds. The van der Waals surface area contributed by atoms with Crippen LogP contribution in [0.2, 0.25) is 0 Å². The molecular weight excluding hydrogens is 463 g/mol. The van der Waals surface area contributed by atoms with Gasteiger partial charge < -0.3 is 37.8 Å². The number of likely N-dealkylation sites (tertiary alicyclic amines) is 1. The van der Waals surface area contributed by atoms with Crippen molar-refractivity contribution < 1.29 is 38.0 Å². The molecule has 0 bridgehead atoms. The number of rotatable bonds is 6. The SMILES string of the molecule is C[N+]1(CCOC(=O)c2cc3ccccc3n2Cc2ccccc2)CCCC1.[I-]. The molecule has 5 heteroatoms. The first kappa shape index (κ1) is 20.9. The van der Waals surface area contributed by atoms with E-state index in [4.69, 9.17) is 4.74 Å². The van der Waals surface area contributed by atoms with E-state index in [-0.39, 0.29) is 29.9 Å². The molecule has 2 heterocycles. The Morgan fingerprint density at radius 3 is 2.46 bits per heavy atom. The Kier molecular flexibility index (Phi) is 6.78. The third-order valence-corrected chi connectivity index (χ3v) is 5.71. The number of carbonyl (C=O) groups excluding carboxylic acids is 1. The van der Waals surface area contributed by atoms with Crippen LogP contribution >= 0.6 is 0 Å². The van der Waals surface area contributed by atoms with Gasteiger partial charge in [0, 0.05) is 30.3 Å². The van der Waals surface area contributed by atoms with Crippen molar-refractivity contribution in [2.24, 2.45) is 0 Å². The Hall–Kier alpha value is -1.86. The lowest BCUT2D eigenvalue weighted by Gasteiger charge is -2.28. The van der Waals surface area contributed by atoms with Crippen molar-refractivity contribution in [3.63, 3.8) is 0 Å². The number of halogens is 1. The van der Waals surface area contributed by atoms with Crippen LogP contribution in [0.25, 0.3) is 10.9 Å². The number of fused-ring (bicyclic) bond motifs is 1. The zero-order chi connectivity index (χ0) is 18.7. The maximum absolute atomic E-state index is 12.9. The molecule has 0 radical (unpaired) electrons. The molecule has 1 saturated heterocycles. The number of likely N-dealkylation sites (N-methyl/N-ethyl adjacent to an activating group) is 1. The number of aromatic nitrogens is 1. The number of para-hydroxylation sites is 1. The van der Waals surface area contributed by atoms with Gasteiger partial charge in [-0.15, -0.1) is 0 Å². The standard InChI is InChI=1S/C23H27N2O2.HI/c1-25(13-7-8-14-25)15-16-27-23(26)22-17-20-11-5-6-12-21(20)24(22)18-19-9-3-2-4-10-19;/h2-6,9-12,17H,7-8,13-16,18H2,1H3;1H/q+1;/p-1. The molecular formula is C23H27IN2O2. The molecule has 148 valence electrons. The highest BCUT2D eigenvalue weighted by molar-refractivity contribution is 5.95. The molecule has 0 atom stereocenters. The van der Waals surface area contributed by atoms with Crippen LogP contribution in [0.4, 0.5) is 0 Å². The third-order valence-electron chi connectivity index (χ3n) is 5.71. The van der Waals surface area contributed by atoms with E-state index < -0.39 is 0 Å². The van der Waals surface area contributed by atoms with E-state index >= 15 is 0 Å². The summed E-state index contributed by atoms with van der Waals surface area (Å²) in [5.41, 5.74) is 2.86. The lowest BCUT2D eigenvalue weighted by Crippen LogP contribution is -3.00. The van der Waals surface area contributed by atoms with E-state index in [2.05, 4.69) is 29.8 Å². The first-order valence-corrected chi connectivity index (χ1v) is 9.78. The van der Waals surface area contributed by atoms with E-state index in [1.807, 2.05) is 42.5 Å². The van der Waals surface area contributed by atoms with Crippen molar-refractivity contribution in [2.75, 3.05) is 33.3 Å². The Morgan fingerprint density at radius 1 is 1.04 bits per heavy atom. The maximum atomic E-state index is 12.9. The summed E-state index contributed by atoms with van der Waals surface area (Å²) < 4.78 is 8.77. The highest BCUT2D eigenvalue weighted by Gasteiger charge is 2.27. The molecule has 1 aliphatic heterocycles. The molecule has 1 aromatic heterocycles. The fraction of sp³-hybridized carbons (Fsp3) is 0.348. The third kappa shape index (κ3) is 4.58. The number of carbonyl (C=O) groups is 1. The van der Waals surface area contributed by atoms with E-state index in [0.29, 0.717) is 18.8 Å². The molecule has 0 spiro atoms. The van der Waals surface area contributed by atoms with E-state index in [1.54, 1.807) is 0 Å². The summed E-state index contributed by atoms with van der Waals surface area (Å²) in [7, 11) is 2.26. The molecule has 2 aromatic carbocycles. The van der Waals surface area contributed by atoms with Gasteiger partial charge in [0.25, 0.3) is 0 Å². The molecule has 0 saturated carbocycles. The van der Waals surface area contributed by atoms with E-state index in [9.17, 15) is 4.79 Å². The smallest absolute Gasteiger partial charge is 0.355 e. The molecule has 4 nitrogen and oxygen atoms in total. The lowest BCUT2D eigenvalue weighted by molar-refractivity contribution is -0.897. The highest BCUT2D eigenvalue weighted by Crippen LogP contribution is 2.22. The molecule has 3 aromatic rings. The van der Waals surface area contributed by atoms with Crippen molar-refractivity contribution in [3.8, 4) is 0 Å². The predicted octanol–water partition coefficient (Wildman–Crippen LogP) is 1.09. The minimum atomic E-state index is -0.229. The number of quaternary nitrogens is 1. The summed E-state index contributed by atoms with van der Waals surface area (Å²) in [6.45, 7) is 4.40. The quantitative estimate of drug-likeness (QED) is 0.295. The largest absolute Gasteiger partial charge is 1.00 e. The molecule has 0 N–H and O–H groups in total. The fourth-order valence-electron chi connectivity index (χ4n) is 4.07. The summed E-state index contributed by atoms with van der Waals surface area (Å²) in [4.78, 5) is 12.9. The van der Waals surface area contributed by atoms with Gasteiger partial charge in [-0.25, -0.2) is 4.79 Å². The molecule has 1 aliphatic rings. The first-order chi connectivity index (χ1) is 13.1. The summed E-state index contributed by atoms with van der Waals surface area (Å²) >= 11 is 0. The lowest BCUT2D eigenvalue weighted by atomic mass is 10.2. The Labute approximate surface area is 183 Å². The zero-order valence-corrected chi connectivity index (χ0v) is 18.5. The highest BCUT2D eigenvalue weighted by atomic mass is 127. The second-order valence-electron chi connectivity index (χ2n) is 7.79. The normalized spacial score (nSPS) is 15.3. The van der Waals surface area contributed by atoms with Crippen LogP contribution in [0.15, 0.2) is 60.7 Å². The van der Waals surface area contributed by atoms with Gasteiger partial charge in [0.15, 0.2) is 0 Å². The van der Waals surface area contributed by atoms with Gasteiger partial charge in [0.05, 0.1) is 20.1 Å². The molecule has 4 rings (SSSR count). The average Bonchev–Trinajstić information content (AvgIpc) is 3.27. The van der Waals surface area contributed by atoms with Crippen LogP contribution in [0.3, 0.4) is 0 Å². The van der Waals surface area contributed by atoms with Crippen LogP contribution in [0.1, 0.15) is 28.9 Å². The summed E-state index contributed by atoms with van der Waals surface area (Å²) in [6, 6.07) is 20.3. The first-order valence-electron chi connectivity index (χ1n) is 9.78. The van der Waals surface area contributed by atoms with Crippen LogP contribution in [0.5, 0.6) is 0 Å². The monoisotopic (exact) mass is 490 g/mol. The van der Waals surface area contributed by atoms with Gasteiger partial charge in [-0.2, -0.15) is 0 Å². The average molecular weight is 490 g/mol. The number of hydrogen-bond donors (Lipinski definition) is 0. The topological polar surface area (TPSA) is 31.2 Å². The Balaban J connectivity index is 0.00000225. The summed E-state index contributed by atoms with van der Waals surface area (Å²) in [5, 5.41) is 1.07.